The van der Waals surface area contributed by atoms with Crippen molar-refractivity contribution in [1.82, 2.24) is 9.55 Å². The topological polar surface area (TPSA) is 41.6 Å². The zero-order chi connectivity index (χ0) is 12.6. The Hall–Kier alpha value is -1.96. The molecule has 0 bridgehead atoms. The van der Waals surface area contributed by atoms with E-state index in [0.717, 1.165) is 11.3 Å². The van der Waals surface area contributed by atoms with E-state index in [2.05, 4.69) is 4.98 Å². The molecule has 0 amide bonds. The van der Waals surface area contributed by atoms with Gasteiger partial charge in [-0.05, 0) is 19.1 Å². The summed E-state index contributed by atoms with van der Waals surface area (Å²) in [6, 6.07) is 5.80. The second kappa shape index (κ2) is 3.81. The Morgan fingerprint density at radius 1 is 1.47 bits per heavy atom. The number of fused-ring (bicyclic) bond motifs is 1. The van der Waals surface area contributed by atoms with Crippen LogP contribution in [0.3, 0.4) is 0 Å². The van der Waals surface area contributed by atoms with E-state index >= 15 is 0 Å². The number of nitrogens with zero attached hydrogens (tertiary/aromatic N) is 3. The first kappa shape index (κ1) is 11.5. The molecule has 1 aromatic heterocycles. The fourth-order valence-corrected chi connectivity index (χ4v) is 1.75. The van der Waals surface area contributed by atoms with Crippen LogP contribution in [-0.4, -0.2) is 9.55 Å². The lowest BCUT2D eigenvalue weighted by Crippen LogP contribution is -2.11. The van der Waals surface area contributed by atoms with Gasteiger partial charge in [0.1, 0.15) is 12.2 Å². The van der Waals surface area contributed by atoms with E-state index in [-0.39, 0.29) is 5.56 Å². The van der Waals surface area contributed by atoms with E-state index in [1.807, 2.05) is 18.5 Å². The standard InChI is InChI=1S/C12H11F2N3/c1-8-16-10-7-9(12(13,14)5-6-15)3-4-11(10)17(8)2/h3-4,7H,5H2,1-2H3. The van der Waals surface area contributed by atoms with Gasteiger partial charge >= 0.3 is 0 Å². The van der Waals surface area contributed by atoms with Crippen molar-refractivity contribution in [2.75, 3.05) is 0 Å². The molecule has 5 heteroatoms. The molecule has 0 aliphatic carbocycles. The minimum absolute atomic E-state index is 0.162. The third-order valence-electron chi connectivity index (χ3n) is 2.83. The summed E-state index contributed by atoms with van der Waals surface area (Å²) in [4.78, 5) is 4.19. The maximum absolute atomic E-state index is 13.5. The lowest BCUT2D eigenvalue weighted by Gasteiger charge is -2.12. The summed E-state index contributed by atoms with van der Waals surface area (Å²) in [6.07, 6.45) is -0.815. The Kier molecular flexibility index (Phi) is 2.58. The van der Waals surface area contributed by atoms with Gasteiger partial charge in [-0.2, -0.15) is 5.26 Å². The molecule has 0 saturated carbocycles. The van der Waals surface area contributed by atoms with E-state index < -0.39 is 12.3 Å². The number of benzene rings is 1. The van der Waals surface area contributed by atoms with Crippen LogP contribution in [0.1, 0.15) is 17.8 Å². The zero-order valence-electron chi connectivity index (χ0n) is 9.54. The van der Waals surface area contributed by atoms with Crippen molar-refractivity contribution >= 4 is 11.0 Å². The number of imidazole rings is 1. The van der Waals surface area contributed by atoms with Gasteiger partial charge < -0.3 is 4.57 Å². The lowest BCUT2D eigenvalue weighted by atomic mass is 10.1. The summed E-state index contributed by atoms with van der Waals surface area (Å²) < 4.78 is 28.9. The number of hydrogen-bond acceptors (Lipinski definition) is 2. The number of hydrogen-bond donors (Lipinski definition) is 0. The Morgan fingerprint density at radius 2 is 2.18 bits per heavy atom. The number of aromatic nitrogens is 2. The van der Waals surface area contributed by atoms with Crippen molar-refractivity contribution in [3.8, 4) is 6.07 Å². The van der Waals surface area contributed by atoms with Gasteiger partial charge in [-0.1, -0.05) is 6.07 Å². The normalized spacial score (nSPS) is 11.7. The molecular formula is C12H11F2N3. The molecule has 0 radical (unpaired) electrons. The Balaban J connectivity index is 2.56. The highest BCUT2D eigenvalue weighted by molar-refractivity contribution is 5.77. The highest BCUT2D eigenvalue weighted by atomic mass is 19.3. The second-order valence-corrected chi connectivity index (χ2v) is 3.96. The molecule has 0 spiro atoms. The summed E-state index contributed by atoms with van der Waals surface area (Å²) >= 11 is 0. The van der Waals surface area contributed by atoms with Crippen LogP contribution in [0.2, 0.25) is 0 Å². The van der Waals surface area contributed by atoms with Crippen molar-refractivity contribution in [3.05, 3.63) is 29.6 Å². The molecule has 0 aliphatic heterocycles. The van der Waals surface area contributed by atoms with Gasteiger partial charge in [0.25, 0.3) is 5.92 Å². The van der Waals surface area contributed by atoms with E-state index in [1.54, 1.807) is 6.07 Å². The number of alkyl halides is 2. The lowest BCUT2D eigenvalue weighted by molar-refractivity contribution is 0.00107. The quantitative estimate of drug-likeness (QED) is 0.803. The molecule has 3 nitrogen and oxygen atoms in total. The van der Waals surface area contributed by atoms with Gasteiger partial charge in [-0.25, -0.2) is 13.8 Å². The molecule has 17 heavy (non-hydrogen) atoms. The Bertz CT molecular complexity index is 608. The third kappa shape index (κ3) is 1.86. The maximum atomic E-state index is 13.5. The molecule has 0 atom stereocenters. The van der Waals surface area contributed by atoms with E-state index in [1.165, 1.54) is 18.2 Å². The summed E-state index contributed by atoms with van der Waals surface area (Å²) in [5.74, 6) is -2.35. The highest BCUT2D eigenvalue weighted by Gasteiger charge is 2.31. The molecule has 0 N–H and O–H groups in total. The van der Waals surface area contributed by atoms with Gasteiger partial charge in [0.15, 0.2) is 0 Å². The van der Waals surface area contributed by atoms with Crippen molar-refractivity contribution in [2.45, 2.75) is 19.3 Å². The van der Waals surface area contributed by atoms with Gasteiger partial charge in [0, 0.05) is 12.6 Å². The number of nitriles is 1. The van der Waals surface area contributed by atoms with Gasteiger partial charge in [0.2, 0.25) is 0 Å². The first-order valence-electron chi connectivity index (χ1n) is 5.14. The van der Waals surface area contributed by atoms with Crippen LogP contribution in [0.4, 0.5) is 8.78 Å². The third-order valence-corrected chi connectivity index (χ3v) is 2.83. The van der Waals surface area contributed by atoms with Crippen molar-refractivity contribution in [3.63, 3.8) is 0 Å². The molecule has 0 unspecified atom stereocenters. The van der Waals surface area contributed by atoms with Crippen molar-refractivity contribution in [1.29, 1.82) is 5.26 Å². The predicted molar refractivity (Wildman–Crippen MR) is 59.6 cm³/mol. The average Bonchev–Trinajstić information content (AvgIpc) is 2.54. The fourth-order valence-electron chi connectivity index (χ4n) is 1.75. The first-order valence-corrected chi connectivity index (χ1v) is 5.14. The fraction of sp³-hybridized carbons (Fsp3) is 0.333. The van der Waals surface area contributed by atoms with Crippen molar-refractivity contribution < 1.29 is 8.78 Å². The Morgan fingerprint density at radius 3 is 2.82 bits per heavy atom. The van der Waals surface area contributed by atoms with Gasteiger partial charge in [-0.15, -0.1) is 0 Å². The molecule has 1 heterocycles. The zero-order valence-corrected chi connectivity index (χ0v) is 9.54. The van der Waals surface area contributed by atoms with Crippen LogP contribution in [0.15, 0.2) is 18.2 Å². The molecule has 2 rings (SSSR count). The summed E-state index contributed by atoms with van der Waals surface area (Å²) in [5.41, 5.74) is 1.17. The average molecular weight is 235 g/mol. The van der Waals surface area contributed by atoms with E-state index in [0.29, 0.717) is 5.52 Å². The minimum Gasteiger partial charge on any atom is -0.331 e. The molecule has 0 saturated heterocycles. The van der Waals surface area contributed by atoms with Crippen molar-refractivity contribution in [2.24, 2.45) is 7.05 Å². The van der Waals surface area contributed by atoms with E-state index in [9.17, 15) is 8.78 Å². The summed E-state index contributed by atoms with van der Waals surface area (Å²) in [7, 11) is 1.83. The maximum Gasteiger partial charge on any atom is 0.286 e. The molecule has 0 aliphatic rings. The van der Waals surface area contributed by atoms with Crippen LogP contribution < -0.4 is 0 Å². The molecule has 1 aromatic carbocycles. The second-order valence-electron chi connectivity index (χ2n) is 3.96. The Labute approximate surface area is 97.3 Å². The van der Waals surface area contributed by atoms with E-state index in [4.69, 9.17) is 5.26 Å². The minimum atomic E-state index is -3.12. The smallest absolute Gasteiger partial charge is 0.286 e. The van der Waals surface area contributed by atoms with Gasteiger partial charge in [-0.3, -0.25) is 0 Å². The molecular weight excluding hydrogens is 224 g/mol. The highest BCUT2D eigenvalue weighted by Crippen LogP contribution is 2.32. The SMILES string of the molecule is Cc1nc2cc(C(F)(F)CC#N)ccc2n1C. The first-order chi connectivity index (χ1) is 7.95. The summed E-state index contributed by atoms with van der Waals surface area (Å²) in [6.45, 7) is 1.81. The van der Waals surface area contributed by atoms with Crippen LogP contribution >= 0.6 is 0 Å². The number of aryl methyl sites for hydroxylation is 2. The van der Waals surface area contributed by atoms with Crippen LogP contribution in [0, 0.1) is 18.3 Å². The largest absolute Gasteiger partial charge is 0.331 e. The van der Waals surface area contributed by atoms with Crippen LogP contribution in [-0.2, 0) is 13.0 Å². The molecule has 0 fully saturated rings. The predicted octanol–water partition coefficient (Wildman–Crippen LogP) is 2.89. The molecule has 2 aromatic rings. The molecule has 88 valence electrons. The monoisotopic (exact) mass is 235 g/mol. The summed E-state index contributed by atoms with van der Waals surface area (Å²) in [5, 5.41) is 8.37. The van der Waals surface area contributed by atoms with Crippen LogP contribution in [0.25, 0.3) is 11.0 Å². The van der Waals surface area contributed by atoms with Crippen LogP contribution in [0.5, 0.6) is 0 Å². The van der Waals surface area contributed by atoms with Gasteiger partial charge in [0.05, 0.1) is 17.1 Å². The number of rotatable bonds is 2. The number of halogens is 2.